The van der Waals surface area contributed by atoms with E-state index in [1.54, 1.807) is 37.4 Å². The third-order valence-electron chi connectivity index (χ3n) is 4.47. The molecule has 4 aromatic rings. The Morgan fingerprint density at radius 1 is 1.10 bits per heavy atom. The number of nitrogens with one attached hydrogen (secondary N) is 2. The van der Waals surface area contributed by atoms with Gasteiger partial charge in [-0.3, -0.25) is 14.5 Å². The molecule has 0 saturated heterocycles. The van der Waals surface area contributed by atoms with Crippen molar-refractivity contribution >= 4 is 38.2 Å². The van der Waals surface area contributed by atoms with Crippen molar-refractivity contribution in [2.24, 2.45) is 0 Å². The zero-order valence-corrected chi connectivity index (χ0v) is 16.5. The van der Waals surface area contributed by atoms with Gasteiger partial charge < -0.3 is 9.73 Å². The summed E-state index contributed by atoms with van der Waals surface area (Å²) in [5, 5.41) is 2.89. The van der Waals surface area contributed by atoms with Crippen molar-refractivity contribution in [3.05, 3.63) is 84.2 Å². The number of nitrogens with zero attached hydrogens (tertiary/aromatic N) is 1. The topological polar surface area (TPSA) is 101 Å². The summed E-state index contributed by atoms with van der Waals surface area (Å²) in [4.78, 5) is 16.5. The van der Waals surface area contributed by atoms with E-state index in [1.807, 2.05) is 0 Å². The highest BCUT2D eigenvalue weighted by molar-refractivity contribution is 7.93. The molecular weight excluding hydrogens is 409 g/mol. The molecule has 0 atom stereocenters. The fourth-order valence-corrected chi connectivity index (χ4v) is 4.28. The molecule has 0 aliphatic carbocycles. The lowest BCUT2D eigenvalue weighted by molar-refractivity contribution is 0.102. The molecule has 0 unspecified atom stereocenters. The molecule has 9 heteroatoms. The minimum absolute atomic E-state index is 0.0389. The number of pyridine rings is 1. The van der Waals surface area contributed by atoms with Crippen LogP contribution in [-0.2, 0) is 10.0 Å². The van der Waals surface area contributed by atoms with Crippen LogP contribution in [0.5, 0.6) is 0 Å². The fourth-order valence-electron chi connectivity index (χ4n) is 3.01. The number of amides is 1. The monoisotopic (exact) mass is 425 g/mol. The predicted octanol–water partition coefficient (Wildman–Crippen LogP) is 4.33. The van der Waals surface area contributed by atoms with Crippen LogP contribution in [0.25, 0.3) is 10.9 Å². The number of sulfonamides is 1. The third-order valence-corrected chi connectivity index (χ3v) is 5.90. The van der Waals surface area contributed by atoms with Crippen molar-refractivity contribution in [3.63, 3.8) is 0 Å². The maximum Gasteiger partial charge on any atom is 0.262 e. The number of aromatic nitrogens is 1. The average Bonchev–Trinajstić information content (AvgIpc) is 3.16. The van der Waals surface area contributed by atoms with Gasteiger partial charge in [0.25, 0.3) is 15.9 Å². The summed E-state index contributed by atoms with van der Waals surface area (Å²) >= 11 is 0. The SMILES string of the molecule is Cc1occc1C(=O)Nc1cc(NS(=O)(=O)c2cccc3ncccc23)ccc1F. The van der Waals surface area contributed by atoms with Gasteiger partial charge in [-0.25, -0.2) is 12.8 Å². The Bertz CT molecular complexity index is 1360. The lowest BCUT2D eigenvalue weighted by atomic mass is 10.2. The predicted molar refractivity (Wildman–Crippen MR) is 110 cm³/mol. The maximum absolute atomic E-state index is 14.2. The van der Waals surface area contributed by atoms with Gasteiger partial charge in [0, 0.05) is 11.6 Å². The molecule has 1 amide bonds. The van der Waals surface area contributed by atoms with Crippen molar-refractivity contribution in [1.82, 2.24) is 4.98 Å². The Morgan fingerprint density at radius 3 is 2.70 bits per heavy atom. The second kappa shape index (κ2) is 7.60. The quantitative estimate of drug-likeness (QED) is 0.496. The van der Waals surface area contributed by atoms with Gasteiger partial charge in [-0.15, -0.1) is 0 Å². The number of hydrogen-bond donors (Lipinski definition) is 2. The summed E-state index contributed by atoms with van der Waals surface area (Å²) in [5.41, 5.74) is 0.712. The Balaban J connectivity index is 1.64. The minimum atomic E-state index is -3.99. The lowest BCUT2D eigenvalue weighted by Gasteiger charge is -2.12. The van der Waals surface area contributed by atoms with Crippen LogP contribution >= 0.6 is 0 Å². The Labute approximate surface area is 171 Å². The number of fused-ring (bicyclic) bond motifs is 1. The summed E-state index contributed by atoms with van der Waals surface area (Å²) in [6.07, 6.45) is 2.92. The number of halogens is 1. The van der Waals surface area contributed by atoms with Gasteiger partial charge in [-0.2, -0.15) is 0 Å². The standard InChI is InChI=1S/C21H16FN3O4S/c1-13-15(9-11-29-13)21(26)24-19-12-14(7-8-17(19)22)25-30(27,28)20-6-2-5-18-16(20)4-3-10-23-18/h2-12,25H,1H3,(H,24,26). The van der Waals surface area contributed by atoms with E-state index >= 15 is 0 Å². The third kappa shape index (κ3) is 3.74. The molecule has 0 aliphatic rings. The highest BCUT2D eigenvalue weighted by Gasteiger charge is 2.19. The minimum Gasteiger partial charge on any atom is -0.469 e. The fraction of sp³-hybridized carbons (Fsp3) is 0.0476. The van der Waals surface area contributed by atoms with E-state index in [2.05, 4.69) is 15.0 Å². The molecule has 0 radical (unpaired) electrons. The Morgan fingerprint density at radius 2 is 1.93 bits per heavy atom. The number of anilines is 2. The summed E-state index contributed by atoms with van der Waals surface area (Å²) in [7, 11) is -3.99. The molecule has 0 fully saturated rings. The van der Waals surface area contributed by atoms with E-state index in [1.165, 1.54) is 30.5 Å². The second-order valence-electron chi connectivity index (χ2n) is 6.47. The van der Waals surface area contributed by atoms with E-state index in [0.29, 0.717) is 16.7 Å². The van der Waals surface area contributed by atoms with Crippen LogP contribution in [0.3, 0.4) is 0 Å². The zero-order valence-electron chi connectivity index (χ0n) is 15.7. The Hall–Kier alpha value is -3.72. The van der Waals surface area contributed by atoms with Crippen LogP contribution in [0.2, 0.25) is 0 Å². The van der Waals surface area contributed by atoms with Gasteiger partial charge >= 0.3 is 0 Å². The molecule has 0 spiro atoms. The van der Waals surface area contributed by atoms with Gasteiger partial charge in [0.15, 0.2) is 0 Å². The molecule has 2 aromatic heterocycles. The van der Waals surface area contributed by atoms with Crippen LogP contribution in [0, 0.1) is 12.7 Å². The van der Waals surface area contributed by atoms with Gasteiger partial charge in [-0.1, -0.05) is 6.07 Å². The number of aryl methyl sites for hydroxylation is 1. The van der Waals surface area contributed by atoms with Crippen molar-refractivity contribution in [2.45, 2.75) is 11.8 Å². The second-order valence-corrected chi connectivity index (χ2v) is 8.12. The summed E-state index contributed by atoms with van der Waals surface area (Å²) < 4.78 is 47.6. The maximum atomic E-state index is 14.2. The number of hydrogen-bond acceptors (Lipinski definition) is 5. The molecule has 152 valence electrons. The van der Waals surface area contributed by atoms with Crippen LogP contribution < -0.4 is 10.0 Å². The van der Waals surface area contributed by atoms with Crippen LogP contribution in [-0.4, -0.2) is 19.3 Å². The average molecular weight is 425 g/mol. The van der Waals surface area contributed by atoms with E-state index in [0.717, 1.165) is 6.07 Å². The normalized spacial score (nSPS) is 11.4. The van der Waals surface area contributed by atoms with Crippen molar-refractivity contribution < 1.29 is 22.0 Å². The summed E-state index contributed by atoms with van der Waals surface area (Å²) in [5.74, 6) is -0.892. The van der Waals surface area contributed by atoms with Crippen LogP contribution in [0.4, 0.5) is 15.8 Å². The molecular formula is C21H16FN3O4S. The number of rotatable bonds is 5. The molecule has 0 aliphatic heterocycles. The van der Waals surface area contributed by atoms with Crippen molar-refractivity contribution in [3.8, 4) is 0 Å². The summed E-state index contributed by atoms with van der Waals surface area (Å²) in [6.45, 7) is 1.61. The molecule has 2 heterocycles. The molecule has 2 aromatic carbocycles. The zero-order chi connectivity index (χ0) is 21.3. The lowest BCUT2D eigenvalue weighted by Crippen LogP contribution is -2.16. The first-order valence-corrected chi connectivity index (χ1v) is 10.3. The number of benzene rings is 2. The van der Waals surface area contributed by atoms with E-state index < -0.39 is 21.7 Å². The highest BCUT2D eigenvalue weighted by Crippen LogP contribution is 2.26. The van der Waals surface area contributed by atoms with E-state index in [4.69, 9.17) is 4.42 Å². The smallest absolute Gasteiger partial charge is 0.262 e. The molecule has 30 heavy (non-hydrogen) atoms. The first kappa shape index (κ1) is 19.6. The summed E-state index contributed by atoms with van der Waals surface area (Å²) in [6, 6.07) is 13.1. The number of furan rings is 1. The number of carbonyl (C=O) groups is 1. The largest absolute Gasteiger partial charge is 0.469 e. The van der Waals surface area contributed by atoms with Gasteiger partial charge in [-0.05, 0) is 55.5 Å². The van der Waals surface area contributed by atoms with Crippen LogP contribution in [0.1, 0.15) is 16.1 Å². The molecule has 0 saturated carbocycles. The highest BCUT2D eigenvalue weighted by atomic mass is 32.2. The Kier molecular flexibility index (Phi) is 4.96. The van der Waals surface area contributed by atoms with Crippen molar-refractivity contribution in [2.75, 3.05) is 10.0 Å². The number of carbonyl (C=O) groups excluding carboxylic acids is 1. The van der Waals surface area contributed by atoms with Crippen LogP contribution in [0.15, 0.2) is 76.4 Å². The molecule has 2 N–H and O–H groups in total. The van der Waals surface area contributed by atoms with E-state index in [-0.39, 0.29) is 21.8 Å². The van der Waals surface area contributed by atoms with Crippen molar-refractivity contribution in [1.29, 1.82) is 0 Å². The molecule has 0 bridgehead atoms. The first-order chi connectivity index (χ1) is 14.3. The van der Waals surface area contributed by atoms with Gasteiger partial charge in [0.05, 0.1) is 33.6 Å². The first-order valence-electron chi connectivity index (χ1n) is 8.87. The molecule has 4 rings (SSSR count). The molecule has 7 nitrogen and oxygen atoms in total. The van der Waals surface area contributed by atoms with E-state index in [9.17, 15) is 17.6 Å². The van der Waals surface area contributed by atoms with Gasteiger partial charge in [0.1, 0.15) is 11.6 Å². The van der Waals surface area contributed by atoms with Gasteiger partial charge in [0.2, 0.25) is 0 Å².